The Kier molecular flexibility index (Phi) is 3.28. The predicted octanol–water partition coefficient (Wildman–Crippen LogP) is 3.05. The topological polar surface area (TPSA) is 60.8 Å². The number of nitrogens with zero attached hydrogens (tertiary/aromatic N) is 1. The van der Waals surface area contributed by atoms with Crippen LogP contribution in [0.4, 0.5) is 0 Å². The Morgan fingerprint density at radius 3 is 2.57 bits per heavy atom. The lowest BCUT2D eigenvalue weighted by molar-refractivity contribution is 0.174. The van der Waals surface area contributed by atoms with Gasteiger partial charge in [0.1, 0.15) is 11.9 Å². The molecule has 0 unspecified atom stereocenters. The Morgan fingerprint density at radius 1 is 1.09 bits per heavy atom. The summed E-state index contributed by atoms with van der Waals surface area (Å²) in [6, 6.07) is 13.0. The molecule has 1 aliphatic rings. The van der Waals surface area contributed by atoms with Gasteiger partial charge in [-0.3, -0.25) is 4.98 Å². The van der Waals surface area contributed by atoms with Gasteiger partial charge in [-0.2, -0.15) is 0 Å². The van der Waals surface area contributed by atoms with E-state index in [1.165, 1.54) is 0 Å². The number of pyridine rings is 1. The zero-order chi connectivity index (χ0) is 15.8. The molecule has 23 heavy (non-hydrogen) atoms. The number of methoxy groups -OCH3 is 1. The number of rotatable bonds is 3. The summed E-state index contributed by atoms with van der Waals surface area (Å²) < 4.78 is 16.0. The summed E-state index contributed by atoms with van der Waals surface area (Å²) in [6.07, 6.45) is 0.858. The van der Waals surface area contributed by atoms with Crippen LogP contribution < -0.4 is 14.2 Å². The van der Waals surface area contributed by atoms with E-state index in [1.807, 2.05) is 42.5 Å². The second kappa shape index (κ2) is 5.44. The van der Waals surface area contributed by atoms with Crippen molar-refractivity contribution in [2.75, 3.05) is 13.9 Å². The summed E-state index contributed by atoms with van der Waals surface area (Å²) in [4.78, 5) is 4.37. The Bertz CT molecular complexity index is 861. The molecular weight excluding hydrogens is 294 g/mol. The molecule has 116 valence electrons. The van der Waals surface area contributed by atoms with Crippen LogP contribution in [0.5, 0.6) is 17.2 Å². The van der Waals surface area contributed by atoms with E-state index in [9.17, 15) is 5.11 Å². The van der Waals surface area contributed by atoms with E-state index in [4.69, 9.17) is 14.2 Å². The summed E-state index contributed by atoms with van der Waals surface area (Å²) >= 11 is 0. The van der Waals surface area contributed by atoms with Crippen molar-refractivity contribution in [3.8, 4) is 17.2 Å². The second-order valence-corrected chi connectivity index (χ2v) is 5.30. The molecule has 1 aliphatic heterocycles. The molecule has 0 bridgehead atoms. The number of benzene rings is 2. The van der Waals surface area contributed by atoms with Gasteiger partial charge in [-0.25, -0.2) is 0 Å². The summed E-state index contributed by atoms with van der Waals surface area (Å²) in [5.41, 5.74) is 1.34. The monoisotopic (exact) mass is 309 g/mol. The molecule has 1 aromatic heterocycles. The number of fused-ring (bicyclic) bond motifs is 2. The van der Waals surface area contributed by atoms with Crippen LogP contribution in [0.3, 0.4) is 0 Å². The van der Waals surface area contributed by atoms with Crippen LogP contribution >= 0.6 is 0 Å². The predicted molar refractivity (Wildman–Crippen MR) is 84.9 cm³/mol. The summed E-state index contributed by atoms with van der Waals surface area (Å²) in [5, 5.41) is 12.5. The minimum atomic E-state index is -0.829. The fourth-order valence-corrected chi connectivity index (χ4v) is 2.75. The number of aliphatic hydroxyl groups is 1. The van der Waals surface area contributed by atoms with Crippen molar-refractivity contribution in [3.05, 3.63) is 59.9 Å². The van der Waals surface area contributed by atoms with Crippen LogP contribution in [-0.2, 0) is 0 Å². The van der Waals surface area contributed by atoms with Crippen LogP contribution in [0.25, 0.3) is 10.8 Å². The molecular formula is C18H15NO4. The van der Waals surface area contributed by atoms with Crippen molar-refractivity contribution < 1.29 is 19.3 Å². The highest BCUT2D eigenvalue weighted by Gasteiger charge is 2.20. The van der Waals surface area contributed by atoms with Gasteiger partial charge in [0.15, 0.2) is 11.5 Å². The lowest BCUT2D eigenvalue weighted by atomic mass is 10.0. The van der Waals surface area contributed by atoms with Crippen LogP contribution in [0, 0.1) is 0 Å². The molecule has 2 aromatic carbocycles. The molecule has 0 fully saturated rings. The van der Waals surface area contributed by atoms with Crippen molar-refractivity contribution in [1.29, 1.82) is 0 Å². The molecule has 1 atom stereocenters. The Hall–Kier alpha value is -2.79. The minimum absolute atomic E-state index is 0.218. The quantitative estimate of drug-likeness (QED) is 0.805. The highest BCUT2D eigenvalue weighted by molar-refractivity contribution is 5.88. The van der Waals surface area contributed by atoms with E-state index in [0.29, 0.717) is 17.2 Å². The molecule has 2 heterocycles. The molecule has 0 amide bonds. The molecule has 4 rings (SSSR count). The zero-order valence-electron chi connectivity index (χ0n) is 12.5. The number of aromatic nitrogens is 1. The van der Waals surface area contributed by atoms with Gasteiger partial charge in [0, 0.05) is 11.6 Å². The molecule has 1 N–H and O–H groups in total. The molecule has 0 radical (unpaired) electrons. The van der Waals surface area contributed by atoms with E-state index in [-0.39, 0.29) is 6.79 Å². The third kappa shape index (κ3) is 2.35. The van der Waals surface area contributed by atoms with Gasteiger partial charge in [0.25, 0.3) is 0 Å². The molecule has 3 aromatic rings. The van der Waals surface area contributed by atoms with Gasteiger partial charge in [0.05, 0.1) is 12.8 Å². The number of hydrogen-bond acceptors (Lipinski definition) is 5. The normalized spacial score (nSPS) is 14.0. The maximum atomic E-state index is 10.7. The van der Waals surface area contributed by atoms with Crippen molar-refractivity contribution >= 4 is 10.8 Å². The van der Waals surface area contributed by atoms with Gasteiger partial charge in [0.2, 0.25) is 6.79 Å². The third-order valence-corrected chi connectivity index (χ3v) is 3.98. The molecule has 0 aliphatic carbocycles. The first kappa shape index (κ1) is 13.8. The summed E-state index contributed by atoms with van der Waals surface area (Å²) in [7, 11) is 1.61. The Balaban J connectivity index is 1.80. The first-order valence-corrected chi connectivity index (χ1v) is 7.26. The van der Waals surface area contributed by atoms with Gasteiger partial charge < -0.3 is 19.3 Å². The SMILES string of the molecule is COc1ccc([C@H](O)c2nccc3cc4c(cc23)OCO4)cc1. The number of ether oxygens (including phenoxy) is 3. The van der Waals surface area contributed by atoms with Crippen LogP contribution in [-0.4, -0.2) is 24.0 Å². The largest absolute Gasteiger partial charge is 0.497 e. The lowest BCUT2D eigenvalue weighted by Gasteiger charge is -2.14. The van der Waals surface area contributed by atoms with Gasteiger partial charge >= 0.3 is 0 Å². The standard InChI is InChI=1S/C18H15NO4/c1-21-13-4-2-11(3-5-13)18(20)17-14-9-16-15(22-10-23-16)8-12(14)6-7-19-17/h2-9,18,20H,10H2,1H3/t18-/m0/s1. The third-order valence-electron chi connectivity index (χ3n) is 3.98. The van der Waals surface area contributed by atoms with Crippen LogP contribution in [0.2, 0.25) is 0 Å². The lowest BCUT2D eigenvalue weighted by Crippen LogP contribution is -2.03. The van der Waals surface area contributed by atoms with E-state index < -0.39 is 6.10 Å². The average Bonchev–Trinajstić information content (AvgIpc) is 3.06. The van der Waals surface area contributed by atoms with Gasteiger partial charge in [-0.1, -0.05) is 12.1 Å². The smallest absolute Gasteiger partial charge is 0.231 e. The fourth-order valence-electron chi connectivity index (χ4n) is 2.75. The molecule has 5 nitrogen and oxygen atoms in total. The first-order chi connectivity index (χ1) is 11.3. The van der Waals surface area contributed by atoms with Gasteiger partial charge in [-0.15, -0.1) is 0 Å². The highest BCUT2D eigenvalue weighted by atomic mass is 16.7. The molecule has 0 saturated carbocycles. The Labute approximate surface area is 133 Å². The van der Waals surface area contributed by atoms with E-state index in [0.717, 1.165) is 22.1 Å². The molecule has 0 saturated heterocycles. The zero-order valence-corrected chi connectivity index (χ0v) is 12.5. The highest BCUT2D eigenvalue weighted by Crippen LogP contribution is 2.38. The average molecular weight is 309 g/mol. The minimum Gasteiger partial charge on any atom is -0.497 e. The van der Waals surface area contributed by atoms with Crippen LogP contribution in [0.1, 0.15) is 17.4 Å². The summed E-state index contributed by atoms with van der Waals surface area (Å²) in [6.45, 7) is 0.218. The summed E-state index contributed by atoms with van der Waals surface area (Å²) in [5.74, 6) is 2.14. The maximum absolute atomic E-state index is 10.7. The van der Waals surface area contributed by atoms with E-state index >= 15 is 0 Å². The first-order valence-electron chi connectivity index (χ1n) is 7.26. The van der Waals surface area contributed by atoms with Crippen molar-refractivity contribution in [2.45, 2.75) is 6.10 Å². The Morgan fingerprint density at radius 2 is 1.83 bits per heavy atom. The van der Waals surface area contributed by atoms with Crippen molar-refractivity contribution in [2.24, 2.45) is 0 Å². The van der Waals surface area contributed by atoms with E-state index in [2.05, 4.69) is 4.98 Å². The van der Waals surface area contributed by atoms with Gasteiger partial charge in [-0.05, 0) is 41.3 Å². The van der Waals surface area contributed by atoms with Crippen LogP contribution in [0.15, 0.2) is 48.7 Å². The molecule has 0 spiro atoms. The maximum Gasteiger partial charge on any atom is 0.231 e. The second-order valence-electron chi connectivity index (χ2n) is 5.30. The molecule has 5 heteroatoms. The van der Waals surface area contributed by atoms with Crippen molar-refractivity contribution in [3.63, 3.8) is 0 Å². The number of aliphatic hydroxyl groups excluding tert-OH is 1. The van der Waals surface area contributed by atoms with Crippen molar-refractivity contribution in [1.82, 2.24) is 4.98 Å². The van der Waals surface area contributed by atoms with E-state index in [1.54, 1.807) is 13.3 Å². The fraction of sp³-hybridized carbons (Fsp3) is 0.167. The number of hydrogen-bond donors (Lipinski definition) is 1.